The van der Waals surface area contributed by atoms with Crippen LogP contribution in [0, 0.1) is 0 Å². The van der Waals surface area contributed by atoms with Crippen LogP contribution in [0.3, 0.4) is 0 Å². The number of fused-ring (bicyclic) bond motifs is 6. The third-order valence-corrected chi connectivity index (χ3v) is 12.1. The number of hydrogen-bond donors (Lipinski definition) is 0. The van der Waals surface area contributed by atoms with E-state index >= 15 is 0 Å². The summed E-state index contributed by atoms with van der Waals surface area (Å²) in [5, 5.41) is 6.17. The van der Waals surface area contributed by atoms with Crippen molar-refractivity contribution in [2.24, 2.45) is 0 Å². The van der Waals surface area contributed by atoms with Gasteiger partial charge in [0, 0.05) is 54.1 Å². The molecule has 9 aromatic carbocycles. The van der Waals surface area contributed by atoms with Crippen molar-refractivity contribution in [3.63, 3.8) is 0 Å². The summed E-state index contributed by atoms with van der Waals surface area (Å²) in [6, 6.07) is 73.1. The number of rotatable bonds is 6. The Morgan fingerprint density at radius 3 is 1.05 bits per heavy atom. The van der Waals surface area contributed by atoms with Gasteiger partial charge in [-0.25, -0.2) is 0 Å². The van der Waals surface area contributed by atoms with Crippen LogP contribution in [0.4, 0.5) is 0 Å². The summed E-state index contributed by atoms with van der Waals surface area (Å²) in [4.78, 5) is 0. The second kappa shape index (κ2) is 14.0. The van der Waals surface area contributed by atoms with E-state index in [9.17, 15) is 0 Å². The average molecular weight is 782 g/mol. The summed E-state index contributed by atoms with van der Waals surface area (Å²) in [7, 11) is 0. The smallest absolute Gasteiger partial charge is 0.0541 e. The van der Waals surface area contributed by atoms with Crippen molar-refractivity contribution in [3.8, 4) is 55.9 Å². The average Bonchev–Trinajstić information content (AvgIpc) is 3.79. The fourth-order valence-corrected chi connectivity index (χ4v) is 9.35. The number of benzene rings is 9. The van der Waals surface area contributed by atoms with E-state index in [4.69, 9.17) is 23.2 Å². The van der Waals surface area contributed by atoms with Crippen LogP contribution >= 0.6 is 23.2 Å². The minimum absolute atomic E-state index is 0.698. The Morgan fingerprint density at radius 2 is 0.621 bits per heavy atom. The van der Waals surface area contributed by atoms with Crippen molar-refractivity contribution in [2.75, 3.05) is 0 Å². The zero-order valence-electron chi connectivity index (χ0n) is 31.3. The van der Waals surface area contributed by atoms with Crippen LogP contribution in [0.15, 0.2) is 206 Å². The van der Waals surface area contributed by atoms with Crippen molar-refractivity contribution in [3.05, 3.63) is 216 Å². The molecule has 2 aromatic heterocycles. The Bertz CT molecular complexity index is 3130. The number of halogens is 2. The van der Waals surface area contributed by atoms with Gasteiger partial charge < -0.3 is 9.13 Å². The maximum atomic E-state index is 7.12. The van der Waals surface area contributed by atoms with Crippen LogP contribution < -0.4 is 0 Å². The number of nitrogens with zero attached hydrogens (tertiary/aromatic N) is 2. The minimum atomic E-state index is 0.698. The summed E-state index contributed by atoms with van der Waals surface area (Å²) in [5.41, 5.74) is 15.3. The summed E-state index contributed by atoms with van der Waals surface area (Å²) in [5.74, 6) is 0. The molecule has 2 heterocycles. The van der Waals surface area contributed by atoms with Gasteiger partial charge in [0.05, 0.1) is 22.1 Å². The molecule has 274 valence electrons. The molecule has 0 saturated heterocycles. The first-order valence-corrected chi connectivity index (χ1v) is 20.2. The van der Waals surface area contributed by atoms with Gasteiger partial charge in [-0.15, -0.1) is 0 Å². The van der Waals surface area contributed by atoms with Crippen molar-refractivity contribution >= 4 is 66.8 Å². The fraction of sp³-hybridized carbons (Fsp3) is 0. The van der Waals surface area contributed by atoms with Gasteiger partial charge in [-0.3, -0.25) is 0 Å². The highest BCUT2D eigenvalue weighted by molar-refractivity contribution is 6.34. The maximum absolute atomic E-state index is 7.12. The van der Waals surface area contributed by atoms with Gasteiger partial charge >= 0.3 is 0 Å². The number of hydrogen-bond acceptors (Lipinski definition) is 0. The number of aromatic nitrogens is 2. The Hall–Kier alpha value is -6.84. The van der Waals surface area contributed by atoms with E-state index in [-0.39, 0.29) is 0 Å². The van der Waals surface area contributed by atoms with E-state index in [0.29, 0.717) is 10.0 Å². The van der Waals surface area contributed by atoms with Crippen LogP contribution in [-0.2, 0) is 0 Å². The number of para-hydroxylation sites is 4. The molecule has 2 nitrogen and oxygen atoms in total. The molecule has 0 atom stereocenters. The molecule has 0 saturated carbocycles. The van der Waals surface area contributed by atoms with Gasteiger partial charge in [-0.1, -0.05) is 145 Å². The van der Waals surface area contributed by atoms with Crippen LogP contribution in [0.2, 0.25) is 10.0 Å². The molecule has 0 aliphatic heterocycles. The summed E-state index contributed by atoms with van der Waals surface area (Å²) in [6.07, 6.45) is 0. The molecule has 0 bridgehead atoms. The lowest BCUT2D eigenvalue weighted by molar-refractivity contribution is 1.18. The molecule has 11 rings (SSSR count). The molecule has 0 fully saturated rings. The normalized spacial score (nSPS) is 11.6. The van der Waals surface area contributed by atoms with Crippen LogP contribution in [-0.4, -0.2) is 9.13 Å². The van der Waals surface area contributed by atoms with E-state index in [0.717, 1.165) is 66.9 Å². The van der Waals surface area contributed by atoms with Gasteiger partial charge in [0.1, 0.15) is 0 Å². The lowest BCUT2D eigenvalue weighted by atomic mass is 9.85. The van der Waals surface area contributed by atoms with E-state index < -0.39 is 0 Å². The SMILES string of the molecule is Clc1ccccc1-c1cc(-c2ccc3c(c2)c2ccccc2n3-c2ccccc2)c(-c2ccccc2Cl)cc1-c1ccc2c(c1)c1ccccc1n2-c1ccccc1. The summed E-state index contributed by atoms with van der Waals surface area (Å²) >= 11 is 14.2. The van der Waals surface area contributed by atoms with E-state index in [1.807, 2.05) is 24.3 Å². The van der Waals surface area contributed by atoms with Crippen molar-refractivity contribution < 1.29 is 0 Å². The zero-order chi connectivity index (χ0) is 38.7. The van der Waals surface area contributed by atoms with E-state index in [1.54, 1.807) is 0 Å². The Balaban J connectivity index is 1.20. The first kappa shape index (κ1) is 34.4. The first-order chi connectivity index (χ1) is 28.6. The molecule has 4 heteroatoms. The zero-order valence-corrected chi connectivity index (χ0v) is 32.8. The molecule has 11 aromatic rings. The standard InChI is InChI=1S/C54H34Cl2N2/c55-49-23-11-7-19-39(49)45-34-44(36-28-30-54-48(32-36)42-22-10-14-26-52(42)58(54)38-17-5-2-6-18-38)46(40-20-8-12-24-50(40)56)33-43(45)35-27-29-53-47(31-35)41-21-9-13-25-51(41)57(53)37-15-3-1-4-16-37/h1-34H. The van der Waals surface area contributed by atoms with Crippen LogP contribution in [0.1, 0.15) is 0 Å². The first-order valence-electron chi connectivity index (χ1n) is 19.5. The summed E-state index contributed by atoms with van der Waals surface area (Å²) < 4.78 is 4.71. The summed E-state index contributed by atoms with van der Waals surface area (Å²) in [6.45, 7) is 0. The predicted octanol–water partition coefficient (Wildman–Crippen LogP) is 15.9. The van der Waals surface area contributed by atoms with Gasteiger partial charge in [0.15, 0.2) is 0 Å². The molecule has 0 aliphatic carbocycles. The molecule has 0 amide bonds. The molecular weight excluding hydrogens is 748 g/mol. The topological polar surface area (TPSA) is 9.86 Å². The van der Waals surface area contributed by atoms with Gasteiger partial charge in [-0.05, 0) is 118 Å². The second-order valence-electron chi connectivity index (χ2n) is 14.7. The fourth-order valence-electron chi connectivity index (χ4n) is 8.87. The van der Waals surface area contributed by atoms with Crippen LogP contribution in [0.5, 0.6) is 0 Å². The highest BCUT2D eigenvalue weighted by atomic mass is 35.5. The quantitative estimate of drug-likeness (QED) is 0.159. The predicted molar refractivity (Wildman–Crippen MR) is 247 cm³/mol. The molecular formula is C54H34Cl2N2. The molecule has 0 N–H and O–H groups in total. The monoisotopic (exact) mass is 780 g/mol. The molecule has 0 spiro atoms. The van der Waals surface area contributed by atoms with E-state index in [1.165, 1.54) is 32.6 Å². The second-order valence-corrected chi connectivity index (χ2v) is 15.6. The molecule has 0 aliphatic rings. The molecule has 0 radical (unpaired) electrons. The van der Waals surface area contributed by atoms with Gasteiger partial charge in [0.2, 0.25) is 0 Å². The molecule has 0 unspecified atom stereocenters. The van der Waals surface area contributed by atoms with Gasteiger partial charge in [0.25, 0.3) is 0 Å². The highest BCUT2D eigenvalue weighted by Crippen LogP contribution is 2.47. The highest BCUT2D eigenvalue weighted by Gasteiger charge is 2.22. The largest absolute Gasteiger partial charge is 0.309 e. The van der Waals surface area contributed by atoms with Gasteiger partial charge in [-0.2, -0.15) is 0 Å². The lowest BCUT2D eigenvalue weighted by Gasteiger charge is -2.20. The molecule has 58 heavy (non-hydrogen) atoms. The lowest BCUT2D eigenvalue weighted by Crippen LogP contribution is -1.95. The Morgan fingerprint density at radius 1 is 0.259 bits per heavy atom. The van der Waals surface area contributed by atoms with E-state index in [2.05, 4.69) is 191 Å². The minimum Gasteiger partial charge on any atom is -0.309 e. The van der Waals surface area contributed by atoms with Crippen molar-refractivity contribution in [2.45, 2.75) is 0 Å². The van der Waals surface area contributed by atoms with Crippen molar-refractivity contribution in [1.29, 1.82) is 0 Å². The Labute approximate surface area is 346 Å². The Kier molecular flexibility index (Phi) is 8.29. The third-order valence-electron chi connectivity index (χ3n) is 11.5. The third kappa shape index (κ3) is 5.56. The van der Waals surface area contributed by atoms with Crippen LogP contribution in [0.25, 0.3) is 99.5 Å². The maximum Gasteiger partial charge on any atom is 0.0541 e. The van der Waals surface area contributed by atoms with Crippen molar-refractivity contribution in [1.82, 2.24) is 9.13 Å².